The Morgan fingerprint density at radius 3 is 2.42 bits per heavy atom. The van der Waals surface area contributed by atoms with E-state index in [1.807, 2.05) is 0 Å². The van der Waals surface area contributed by atoms with Gasteiger partial charge in [0.15, 0.2) is 17.0 Å². The van der Waals surface area contributed by atoms with Crippen molar-refractivity contribution in [3.8, 4) is 5.75 Å². The van der Waals surface area contributed by atoms with Crippen LogP contribution in [0.25, 0.3) is 10.9 Å². The molecule has 1 fully saturated rings. The van der Waals surface area contributed by atoms with Crippen molar-refractivity contribution in [1.82, 2.24) is 4.57 Å². The van der Waals surface area contributed by atoms with Gasteiger partial charge in [-0.25, -0.2) is 4.39 Å². The Balaban J connectivity index is 0.000000647. The van der Waals surface area contributed by atoms with Crippen LogP contribution in [0, 0.1) is 11.6 Å². The van der Waals surface area contributed by atoms with Crippen molar-refractivity contribution in [2.45, 2.75) is 18.9 Å². The number of hydrogen-bond acceptors (Lipinski definition) is 4. The number of carboxylic acid groups (broad SMARTS) is 1. The first kappa shape index (κ1) is 17.8. The molecule has 0 amide bonds. The van der Waals surface area contributed by atoms with Crippen molar-refractivity contribution in [1.29, 1.82) is 0 Å². The number of halogens is 4. The Hall–Kier alpha value is -2.52. The molecule has 1 aliphatic rings. The standard InChI is InChI=1S/C14H11F2NO4.BF2/c1-21-13-10(16)9(15)4-7-11(13)17(6-2-3-6)5-8(12(7)18)14(19)20;2-1-3/h4-6H,2-3H2,1H3,(H,19,20);/p-1. The minimum absolute atomic E-state index is 0.0638. The topological polar surface area (TPSA) is 71.4 Å². The van der Waals surface area contributed by atoms with Gasteiger partial charge in [0.25, 0.3) is 0 Å². The molecular weight excluding hydrogens is 333 g/mol. The summed E-state index contributed by atoms with van der Waals surface area (Å²) < 4.78 is 52.8. The second kappa shape index (κ2) is 6.94. The number of carbonyl (C=O) groups is 1. The summed E-state index contributed by atoms with van der Waals surface area (Å²) in [5.41, 5.74) is -1.43. The van der Waals surface area contributed by atoms with Crippen LogP contribution in [0.2, 0.25) is 0 Å². The molecule has 3 rings (SSSR count). The summed E-state index contributed by atoms with van der Waals surface area (Å²) in [6.45, 7) is 0. The van der Waals surface area contributed by atoms with Crippen LogP contribution >= 0.6 is 0 Å². The number of fused-ring (bicyclic) bond motifs is 1. The lowest BCUT2D eigenvalue weighted by Crippen LogP contribution is -2.30. The summed E-state index contributed by atoms with van der Waals surface area (Å²) >= 11 is 0. The zero-order valence-corrected chi connectivity index (χ0v) is 12.3. The largest absolute Gasteiger partial charge is 0.577 e. The van der Waals surface area contributed by atoms with Gasteiger partial charge in [0.1, 0.15) is 0 Å². The molecule has 24 heavy (non-hydrogen) atoms. The fourth-order valence-corrected chi connectivity index (χ4v) is 2.40. The fourth-order valence-electron chi connectivity index (χ4n) is 2.40. The lowest BCUT2D eigenvalue weighted by atomic mass is 10.1. The smallest absolute Gasteiger partial charge is 0.545 e. The summed E-state index contributed by atoms with van der Waals surface area (Å²) in [5, 5.41) is 10.8. The van der Waals surface area contributed by atoms with Crippen LogP contribution in [0.15, 0.2) is 17.1 Å². The van der Waals surface area contributed by atoms with Crippen molar-refractivity contribution in [3.63, 3.8) is 0 Å². The molecule has 0 saturated heterocycles. The maximum atomic E-state index is 13.8. The van der Waals surface area contributed by atoms with Crippen molar-refractivity contribution in [3.05, 3.63) is 39.7 Å². The zero-order valence-electron chi connectivity index (χ0n) is 12.3. The number of carboxylic acids is 1. The number of benzene rings is 1. The normalized spacial score (nSPS) is 13.2. The number of hydrogen-bond donors (Lipinski definition) is 0. The number of aromatic nitrogens is 1. The first-order valence-electron chi connectivity index (χ1n) is 6.71. The van der Waals surface area contributed by atoms with Crippen LogP contribution in [-0.4, -0.2) is 25.5 Å². The lowest BCUT2D eigenvalue weighted by Gasteiger charge is -2.16. The molecule has 1 heterocycles. The Labute approximate surface area is 133 Å². The van der Waals surface area contributed by atoms with E-state index in [4.69, 9.17) is 4.74 Å². The third-order valence-electron chi connectivity index (χ3n) is 3.53. The minimum Gasteiger partial charge on any atom is -0.545 e. The SMILES string of the molecule is COc1c(F)c(F)cc2c(=O)c(C(=O)[O-])cn(C3CC3)c12.F[B]F. The van der Waals surface area contributed by atoms with Gasteiger partial charge < -0.3 is 19.2 Å². The molecule has 1 aromatic carbocycles. The van der Waals surface area contributed by atoms with E-state index in [1.165, 1.54) is 4.57 Å². The number of pyridine rings is 1. The third kappa shape index (κ3) is 3.08. The highest BCUT2D eigenvalue weighted by Crippen LogP contribution is 2.40. The quantitative estimate of drug-likeness (QED) is 0.625. The van der Waals surface area contributed by atoms with Crippen molar-refractivity contribution in [2.24, 2.45) is 0 Å². The number of rotatable bonds is 3. The summed E-state index contributed by atoms with van der Waals surface area (Å²) in [4.78, 5) is 23.2. The van der Waals surface area contributed by atoms with E-state index >= 15 is 0 Å². The third-order valence-corrected chi connectivity index (χ3v) is 3.53. The van der Waals surface area contributed by atoms with Crippen LogP contribution in [0.4, 0.5) is 17.4 Å². The lowest BCUT2D eigenvalue weighted by molar-refractivity contribution is -0.255. The molecule has 0 atom stereocenters. The zero-order chi connectivity index (χ0) is 18.0. The molecule has 10 heteroatoms. The Bertz CT molecular complexity index is 851. The predicted octanol–water partition coefficient (Wildman–Crippen LogP) is 1.45. The number of aromatic carboxylic acids is 1. The molecule has 1 saturated carbocycles. The van der Waals surface area contributed by atoms with Crippen LogP contribution in [0.5, 0.6) is 5.75 Å². The monoisotopic (exact) mass is 343 g/mol. The van der Waals surface area contributed by atoms with E-state index < -0.39 is 42.2 Å². The number of methoxy groups -OCH3 is 1. The highest BCUT2D eigenvalue weighted by atomic mass is 19.2. The summed E-state index contributed by atoms with van der Waals surface area (Å²) in [5.74, 6) is -4.53. The van der Waals surface area contributed by atoms with Gasteiger partial charge in [-0.05, 0) is 18.9 Å². The van der Waals surface area contributed by atoms with E-state index in [9.17, 15) is 32.1 Å². The fraction of sp³-hybridized carbons (Fsp3) is 0.286. The van der Waals surface area contributed by atoms with E-state index in [1.54, 1.807) is 0 Å². The molecule has 0 bridgehead atoms. The maximum Gasteiger partial charge on any atom is 0.577 e. The van der Waals surface area contributed by atoms with Gasteiger partial charge in [0.2, 0.25) is 5.82 Å². The minimum atomic E-state index is -1.65. The predicted molar refractivity (Wildman–Crippen MR) is 75.2 cm³/mol. The first-order chi connectivity index (χ1) is 11.4. The summed E-state index contributed by atoms with van der Waals surface area (Å²) in [6.07, 6.45) is 2.62. The van der Waals surface area contributed by atoms with Crippen LogP contribution < -0.4 is 15.3 Å². The van der Waals surface area contributed by atoms with Crippen molar-refractivity contribution in [2.75, 3.05) is 7.11 Å². The van der Waals surface area contributed by atoms with Crippen molar-refractivity contribution >= 4 is 24.7 Å². The summed E-state index contributed by atoms with van der Waals surface area (Å²) in [7, 11) is 0.158. The molecule has 2 aromatic rings. The van der Waals surface area contributed by atoms with E-state index in [-0.39, 0.29) is 16.9 Å². The van der Waals surface area contributed by atoms with Gasteiger partial charge in [0.05, 0.1) is 29.5 Å². The van der Waals surface area contributed by atoms with Gasteiger partial charge in [0, 0.05) is 12.2 Å². The number of nitrogens with zero attached hydrogens (tertiary/aromatic N) is 1. The molecule has 0 aliphatic heterocycles. The number of ether oxygens (including phenoxy) is 1. The van der Waals surface area contributed by atoms with E-state index in [0.29, 0.717) is 6.07 Å². The molecular formula is C14H10BF4NO4-. The van der Waals surface area contributed by atoms with Gasteiger partial charge in [-0.15, -0.1) is 0 Å². The van der Waals surface area contributed by atoms with Crippen LogP contribution in [-0.2, 0) is 0 Å². The molecule has 0 unspecified atom stereocenters. The molecule has 5 nitrogen and oxygen atoms in total. The van der Waals surface area contributed by atoms with Crippen LogP contribution in [0.1, 0.15) is 29.2 Å². The molecule has 127 valence electrons. The van der Waals surface area contributed by atoms with Gasteiger partial charge in [-0.3, -0.25) is 13.4 Å². The number of carbonyl (C=O) groups excluding carboxylic acids is 1. The first-order valence-corrected chi connectivity index (χ1v) is 6.71. The molecule has 0 spiro atoms. The van der Waals surface area contributed by atoms with Crippen molar-refractivity contribution < 1.29 is 32.1 Å². The molecule has 0 N–H and O–H groups in total. The van der Waals surface area contributed by atoms with Gasteiger partial charge in [-0.1, -0.05) is 0 Å². The molecule has 1 aromatic heterocycles. The Kier molecular flexibility index (Phi) is 5.15. The van der Waals surface area contributed by atoms with Gasteiger partial charge >= 0.3 is 7.83 Å². The summed E-state index contributed by atoms with van der Waals surface area (Å²) in [6, 6.07) is 0.630. The van der Waals surface area contributed by atoms with E-state index in [0.717, 1.165) is 26.1 Å². The average molecular weight is 343 g/mol. The van der Waals surface area contributed by atoms with Crippen LogP contribution in [0.3, 0.4) is 0 Å². The molecule has 1 radical (unpaired) electrons. The highest BCUT2D eigenvalue weighted by molar-refractivity contribution is 6.15. The molecule has 1 aliphatic carbocycles. The highest BCUT2D eigenvalue weighted by Gasteiger charge is 2.29. The Morgan fingerprint density at radius 2 is 1.96 bits per heavy atom. The van der Waals surface area contributed by atoms with Gasteiger partial charge in [-0.2, -0.15) is 4.39 Å². The second-order valence-corrected chi connectivity index (χ2v) is 4.98. The Morgan fingerprint density at radius 1 is 1.38 bits per heavy atom. The average Bonchev–Trinajstić information content (AvgIpc) is 3.35. The maximum absolute atomic E-state index is 13.8. The second-order valence-electron chi connectivity index (χ2n) is 4.98. The van der Waals surface area contributed by atoms with E-state index in [2.05, 4.69) is 0 Å².